The average Bonchev–Trinajstić information content (AvgIpc) is 3.03. The first kappa shape index (κ1) is 16.4. The van der Waals surface area contributed by atoms with E-state index >= 15 is 0 Å². The molecule has 2 aromatic carbocycles. The van der Waals surface area contributed by atoms with E-state index in [1.165, 1.54) is 23.5 Å². The summed E-state index contributed by atoms with van der Waals surface area (Å²) in [5.74, 6) is -0.311. The molecule has 1 unspecified atom stereocenters. The van der Waals surface area contributed by atoms with Crippen LogP contribution >= 0.6 is 11.3 Å². The molecule has 2 nitrogen and oxygen atoms in total. The van der Waals surface area contributed by atoms with Crippen molar-refractivity contribution in [3.8, 4) is 0 Å². The van der Waals surface area contributed by atoms with Crippen LogP contribution in [-0.2, 0) is 0 Å². The summed E-state index contributed by atoms with van der Waals surface area (Å²) in [5, 5.41) is 1.92. The van der Waals surface area contributed by atoms with Gasteiger partial charge in [0.2, 0.25) is 0 Å². The molecule has 0 aliphatic heterocycles. The normalized spacial score (nSPS) is 12.0. The largest absolute Gasteiger partial charge is 0.330 e. The first-order valence-corrected chi connectivity index (χ1v) is 8.57. The van der Waals surface area contributed by atoms with Crippen molar-refractivity contribution in [2.45, 2.75) is 13.0 Å². The summed E-state index contributed by atoms with van der Waals surface area (Å²) in [7, 11) is 1.79. The molecule has 122 valence electrons. The summed E-state index contributed by atoms with van der Waals surface area (Å²) in [6.45, 7) is 1.94. The molecule has 3 rings (SSSR count). The van der Waals surface area contributed by atoms with Crippen LogP contribution in [0.1, 0.15) is 32.4 Å². The maximum atomic E-state index is 13.3. The van der Waals surface area contributed by atoms with Gasteiger partial charge in [0.15, 0.2) is 0 Å². The molecule has 1 aromatic heterocycles. The van der Waals surface area contributed by atoms with Crippen molar-refractivity contribution >= 4 is 17.2 Å². The predicted octanol–water partition coefficient (Wildman–Crippen LogP) is 5.06. The number of thiophene rings is 1. The van der Waals surface area contributed by atoms with Crippen molar-refractivity contribution in [3.05, 3.63) is 93.4 Å². The zero-order valence-corrected chi connectivity index (χ0v) is 14.4. The second-order valence-corrected chi connectivity index (χ2v) is 6.63. The highest BCUT2D eigenvalue weighted by molar-refractivity contribution is 7.12. The molecule has 1 heterocycles. The standard InChI is InChI=1S/C20H18FNOS/c1-14-12-13-24-19(14)20(23)22(2)18(15-6-4-3-5-7-15)16-8-10-17(21)11-9-16/h3-13,18H,1-2H3. The van der Waals surface area contributed by atoms with Crippen LogP contribution in [0, 0.1) is 12.7 Å². The van der Waals surface area contributed by atoms with Crippen LogP contribution in [0.4, 0.5) is 4.39 Å². The summed E-state index contributed by atoms with van der Waals surface area (Å²) in [4.78, 5) is 15.4. The van der Waals surface area contributed by atoms with Crippen LogP contribution in [0.5, 0.6) is 0 Å². The van der Waals surface area contributed by atoms with Crippen LogP contribution in [-0.4, -0.2) is 17.9 Å². The zero-order valence-electron chi connectivity index (χ0n) is 13.6. The van der Waals surface area contributed by atoms with Gasteiger partial charge in [0.05, 0.1) is 10.9 Å². The number of hydrogen-bond acceptors (Lipinski definition) is 2. The molecule has 1 amide bonds. The van der Waals surface area contributed by atoms with Gasteiger partial charge < -0.3 is 4.90 Å². The maximum absolute atomic E-state index is 13.3. The van der Waals surface area contributed by atoms with E-state index in [1.807, 2.05) is 48.7 Å². The summed E-state index contributed by atoms with van der Waals surface area (Å²) in [6.07, 6.45) is 0. The van der Waals surface area contributed by atoms with Crippen LogP contribution < -0.4 is 0 Å². The Labute approximate surface area is 145 Å². The first-order chi connectivity index (χ1) is 11.6. The molecular weight excluding hydrogens is 321 g/mol. The number of halogens is 1. The van der Waals surface area contributed by atoms with Gasteiger partial charge in [-0.3, -0.25) is 4.79 Å². The number of carbonyl (C=O) groups excluding carboxylic acids is 1. The third kappa shape index (κ3) is 3.24. The number of rotatable bonds is 4. The van der Waals surface area contributed by atoms with Crippen molar-refractivity contribution < 1.29 is 9.18 Å². The predicted molar refractivity (Wildman–Crippen MR) is 95.8 cm³/mol. The Morgan fingerprint density at radius 3 is 2.21 bits per heavy atom. The molecule has 4 heteroatoms. The Morgan fingerprint density at radius 1 is 1.00 bits per heavy atom. The van der Waals surface area contributed by atoms with Gasteiger partial charge in [-0.15, -0.1) is 11.3 Å². The van der Waals surface area contributed by atoms with Gasteiger partial charge in [-0.25, -0.2) is 4.39 Å². The Hall–Kier alpha value is -2.46. The monoisotopic (exact) mass is 339 g/mol. The molecule has 0 bridgehead atoms. The molecular formula is C20H18FNOS. The highest BCUT2D eigenvalue weighted by atomic mass is 32.1. The third-order valence-corrected chi connectivity index (χ3v) is 5.07. The van der Waals surface area contributed by atoms with Gasteiger partial charge in [-0.2, -0.15) is 0 Å². The van der Waals surface area contributed by atoms with E-state index in [1.54, 1.807) is 24.1 Å². The number of benzene rings is 2. The van der Waals surface area contributed by atoms with E-state index in [9.17, 15) is 9.18 Å². The van der Waals surface area contributed by atoms with Crippen molar-refractivity contribution in [2.75, 3.05) is 7.05 Å². The van der Waals surface area contributed by atoms with E-state index in [0.717, 1.165) is 21.6 Å². The Morgan fingerprint density at radius 2 is 1.62 bits per heavy atom. The summed E-state index contributed by atoms with van der Waals surface area (Å²) in [5.41, 5.74) is 2.85. The number of amides is 1. The third-order valence-electron chi connectivity index (χ3n) is 4.07. The molecule has 0 saturated carbocycles. The molecule has 0 radical (unpaired) electrons. The number of nitrogens with zero attached hydrogens (tertiary/aromatic N) is 1. The van der Waals surface area contributed by atoms with Gasteiger partial charge in [0, 0.05) is 7.05 Å². The topological polar surface area (TPSA) is 20.3 Å². The Bertz CT molecular complexity index is 826. The molecule has 0 fully saturated rings. The van der Waals surface area contributed by atoms with Crippen molar-refractivity contribution in [1.29, 1.82) is 0 Å². The quantitative estimate of drug-likeness (QED) is 0.651. The van der Waals surface area contributed by atoms with E-state index < -0.39 is 0 Å². The zero-order chi connectivity index (χ0) is 17.1. The highest BCUT2D eigenvalue weighted by Crippen LogP contribution is 2.30. The van der Waals surface area contributed by atoms with Crippen LogP contribution in [0.2, 0.25) is 0 Å². The van der Waals surface area contributed by atoms with Gasteiger partial charge in [-0.1, -0.05) is 42.5 Å². The van der Waals surface area contributed by atoms with Crippen molar-refractivity contribution in [2.24, 2.45) is 0 Å². The van der Waals surface area contributed by atoms with Crippen LogP contribution in [0.25, 0.3) is 0 Å². The smallest absolute Gasteiger partial charge is 0.264 e. The SMILES string of the molecule is Cc1ccsc1C(=O)N(C)C(c1ccccc1)c1ccc(F)cc1. The van der Waals surface area contributed by atoms with E-state index in [-0.39, 0.29) is 17.8 Å². The lowest BCUT2D eigenvalue weighted by molar-refractivity contribution is 0.0759. The van der Waals surface area contributed by atoms with Gasteiger partial charge in [0.25, 0.3) is 5.91 Å². The minimum absolute atomic E-state index is 0.0271. The van der Waals surface area contributed by atoms with E-state index in [2.05, 4.69) is 0 Å². The molecule has 0 spiro atoms. The lowest BCUT2D eigenvalue weighted by Gasteiger charge is -2.29. The Balaban J connectivity index is 2.03. The summed E-state index contributed by atoms with van der Waals surface area (Å²) < 4.78 is 13.3. The fourth-order valence-corrected chi connectivity index (χ4v) is 3.70. The lowest BCUT2D eigenvalue weighted by Crippen LogP contribution is -2.31. The average molecular weight is 339 g/mol. The Kier molecular flexibility index (Phi) is 4.76. The molecule has 0 N–H and O–H groups in total. The fourth-order valence-electron chi connectivity index (χ4n) is 2.79. The summed E-state index contributed by atoms with van der Waals surface area (Å²) >= 11 is 1.45. The molecule has 0 aliphatic carbocycles. The molecule has 24 heavy (non-hydrogen) atoms. The second-order valence-electron chi connectivity index (χ2n) is 5.71. The number of hydrogen-bond donors (Lipinski definition) is 0. The van der Waals surface area contributed by atoms with Gasteiger partial charge in [0.1, 0.15) is 5.82 Å². The molecule has 0 saturated heterocycles. The minimum Gasteiger partial charge on any atom is -0.330 e. The number of aryl methyl sites for hydroxylation is 1. The maximum Gasteiger partial charge on any atom is 0.264 e. The highest BCUT2D eigenvalue weighted by Gasteiger charge is 2.25. The van der Waals surface area contributed by atoms with Crippen molar-refractivity contribution in [1.82, 2.24) is 4.90 Å². The second kappa shape index (κ2) is 6.97. The van der Waals surface area contributed by atoms with E-state index in [4.69, 9.17) is 0 Å². The first-order valence-electron chi connectivity index (χ1n) is 7.69. The lowest BCUT2D eigenvalue weighted by atomic mass is 9.97. The molecule has 0 aliphatic rings. The molecule has 1 atom stereocenters. The summed E-state index contributed by atoms with van der Waals surface area (Å²) in [6, 6.07) is 17.8. The van der Waals surface area contributed by atoms with Crippen LogP contribution in [0.3, 0.4) is 0 Å². The fraction of sp³-hybridized carbons (Fsp3) is 0.150. The van der Waals surface area contributed by atoms with Crippen LogP contribution in [0.15, 0.2) is 66.0 Å². The number of carbonyl (C=O) groups is 1. The van der Waals surface area contributed by atoms with Gasteiger partial charge in [-0.05, 0) is 47.2 Å². The van der Waals surface area contributed by atoms with Crippen molar-refractivity contribution in [3.63, 3.8) is 0 Å². The minimum atomic E-state index is -0.284. The van der Waals surface area contributed by atoms with Gasteiger partial charge >= 0.3 is 0 Å². The van der Waals surface area contributed by atoms with E-state index in [0.29, 0.717) is 0 Å². The molecule has 3 aromatic rings.